The van der Waals surface area contributed by atoms with E-state index < -0.39 is 0 Å². The Morgan fingerprint density at radius 3 is 2.50 bits per heavy atom. The van der Waals surface area contributed by atoms with E-state index in [1.54, 1.807) is 0 Å². The van der Waals surface area contributed by atoms with Crippen LogP contribution in [0.3, 0.4) is 0 Å². The van der Waals surface area contributed by atoms with Gasteiger partial charge >= 0.3 is 0 Å². The van der Waals surface area contributed by atoms with E-state index in [1.165, 1.54) is 37.7 Å². The van der Waals surface area contributed by atoms with E-state index in [4.69, 9.17) is 4.99 Å². The first-order chi connectivity index (χ1) is 13.5. The highest BCUT2D eigenvalue weighted by Crippen LogP contribution is 2.22. The lowest BCUT2D eigenvalue weighted by molar-refractivity contribution is 0.407. The largest absolute Gasteiger partial charge is 0.356 e. The predicted octanol–water partition coefficient (Wildman–Crippen LogP) is 3.47. The number of aliphatic imine (C=N–C) groups is 1. The maximum absolute atomic E-state index is 4.83. The highest BCUT2D eigenvalue weighted by Gasteiger charge is 2.22. The molecule has 0 amide bonds. The highest BCUT2D eigenvalue weighted by molar-refractivity contribution is 5.80. The number of guanidine groups is 1. The zero-order valence-corrected chi connectivity index (χ0v) is 17.7. The van der Waals surface area contributed by atoms with Crippen molar-refractivity contribution in [2.45, 2.75) is 70.9 Å². The summed E-state index contributed by atoms with van der Waals surface area (Å²) in [5, 5.41) is 15.6. The normalized spacial score (nSPS) is 16.2. The summed E-state index contributed by atoms with van der Waals surface area (Å²) in [7, 11) is 1.99. The zero-order valence-electron chi connectivity index (χ0n) is 17.7. The van der Waals surface area contributed by atoms with E-state index in [1.807, 2.05) is 18.5 Å². The molecule has 0 saturated heterocycles. The summed E-state index contributed by atoms with van der Waals surface area (Å²) in [4.78, 5) is 4.83. The summed E-state index contributed by atoms with van der Waals surface area (Å²) in [6.45, 7) is 7.82. The van der Waals surface area contributed by atoms with Crippen LogP contribution >= 0.6 is 0 Å². The Bertz CT molecular complexity index is 772. The number of rotatable bonds is 6. The number of hydrogen-bond acceptors (Lipinski definition) is 3. The van der Waals surface area contributed by atoms with Crippen LogP contribution in [0.4, 0.5) is 0 Å². The smallest absolute Gasteiger partial charge is 0.191 e. The summed E-state index contributed by atoms with van der Waals surface area (Å²) in [6, 6.07) is 11.1. The van der Waals surface area contributed by atoms with Crippen LogP contribution in [0, 0.1) is 6.92 Å². The van der Waals surface area contributed by atoms with Crippen LogP contribution in [0.25, 0.3) is 0 Å². The summed E-state index contributed by atoms with van der Waals surface area (Å²) >= 11 is 0. The van der Waals surface area contributed by atoms with Crippen LogP contribution in [0.5, 0.6) is 0 Å². The van der Waals surface area contributed by atoms with Crippen molar-refractivity contribution in [2.75, 3.05) is 6.54 Å². The van der Waals surface area contributed by atoms with E-state index in [-0.39, 0.29) is 5.41 Å². The lowest BCUT2D eigenvalue weighted by Crippen LogP contribution is -2.47. The van der Waals surface area contributed by atoms with E-state index in [0.717, 1.165) is 24.2 Å². The fourth-order valence-electron chi connectivity index (χ4n) is 3.63. The minimum atomic E-state index is 0.0115. The molecule has 2 aromatic rings. The Balaban J connectivity index is 1.69. The summed E-state index contributed by atoms with van der Waals surface area (Å²) in [5.41, 5.74) is 1.33. The van der Waals surface area contributed by atoms with Gasteiger partial charge in [0.1, 0.15) is 12.4 Å². The molecule has 0 spiro atoms. The SMILES string of the molecule is Cc1nnc(CN=C(NCC(C)(C)c2ccccc2)NC2CCCCC2)n1C. The minimum absolute atomic E-state index is 0.0115. The molecule has 1 heterocycles. The van der Waals surface area contributed by atoms with Crippen molar-refractivity contribution in [2.24, 2.45) is 12.0 Å². The number of aromatic nitrogens is 3. The van der Waals surface area contributed by atoms with Gasteiger partial charge in [-0.15, -0.1) is 10.2 Å². The molecule has 0 atom stereocenters. The van der Waals surface area contributed by atoms with Crippen molar-refractivity contribution in [1.82, 2.24) is 25.4 Å². The number of hydrogen-bond donors (Lipinski definition) is 2. The van der Waals surface area contributed by atoms with Crippen LogP contribution in [0.15, 0.2) is 35.3 Å². The van der Waals surface area contributed by atoms with Crippen LogP contribution in [0.1, 0.15) is 63.2 Å². The Hall–Kier alpha value is -2.37. The number of benzene rings is 1. The lowest BCUT2D eigenvalue weighted by atomic mass is 9.85. The van der Waals surface area contributed by atoms with Crippen LogP contribution < -0.4 is 10.6 Å². The van der Waals surface area contributed by atoms with Crippen molar-refractivity contribution in [1.29, 1.82) is 0 Å². The van der Waals surface area contributed by atoms with Gasteiger partial charge in [-0.25, -0.2) is 4.99 Å². The quantitative estimate of drug-likeness (QED) is 0.593. The van der Waals surface area contributed by atoms with Gasteiger partial charge in [-0.2, -0.15) is 0 Å². The van der Waals surface area contributed by atoms with Gasteiger partial charge in [0.2, 0.25) is 0 Å². The molecular formula is C22H34N6. The predicted molar refractivity (Wildman–Crippen MR) is 114 cm³/mol. The number of aryl methyl sites for hydroxylation is 1. The van der Waals surface area contributed by atoms with E-state index in [0.29, 0.717) is 12.6 Å². The van der Waals surface area contributed by atoms with Crippen molar-refractivity contribution >= 4 is 5.96 Å². The fourth-order valence-corrected chi connectivity index (χ4v) is 3.63. The molecule has 0 radical (unpaired) electrons. The molecule has 2 N–H and O–H groups in total. The average Bonchev–Trinajstić information content (AvgIpc) is 3.03. The van der Waals surface area contributed by atoms with Gasteiger partial charge in [0.25, 0.3) is 0 Å². The second-order valence-corrected chi connectivity index (χ2v) is 8.47. The molecule has 3 rings (SSSR count). The van der Waals surface area contributed by atoms with Crippen molar-refractivity contribution in [3.8, 4) is 0 Å². The van der Waals surface area contributed by atoms with Gasteiger partial charge in [-0.1, -0.05) is 63.4 Å². The molecule has 1 aliphatic carbocycles. The van der Waals surface area contributed by atoms with Crippen LogP contribution in [-0.2, 0) is 19.0 Å². The van der Waals surface area contributed by atoms with E-state index in [2.05, 4.69) is 65.0 Å². The first kappa shape index (κ1) is 20.4. The third-order valence-electron chi connectivity index (χ3n) is 5.76. The van der Waals surface area contributed by atoms with E-state index >= 15 is 0 Å². The Morgan fingerprint density at radius 2 is 1.86 bits per heavy atom. The summed E-state index contributed by atoms with van der Waals surface area (Å²) < 4.78 is 2.00. The molecular weight excluding hydrogens is 348 g/mol. The molecule has 0 bridgehead atoms. The maximum Gasteiger partial charge on any atom is 0.191 e. The molecule has 28 heavy (non-hydrogen) atoms. The minimum Gasteiger partial charge on any atom is -0.356 e. The molecule has 1 aromatic carbocycles. The third-order valence-corrected chi connectivity index (χ3v) is 5.76. The number of nitrogens with one attached hydrogen (secondary N) is 2. The van der Waals surface area contributed by atoms with Gasteiger partial charge in [0.05, 0.1) is 0 Å². The average molecular weight is 383 g/mol. The van der Waals surface area contributed by atoms with Crippen molar-refractivity contribution in [3.63, 3.8) is 0 Å². The molecule has 1 aromatic heterocycles. The lowest BCUT2D eigenvalue weighted by Gasteiger charge is -2.29. The Labute approximate surface area is 168 Å². The molecule has 0 aliphatic heterocycles. The third kappa shape index (κ3) is 5.33. The first-order valence-corrected chi connectivity index (χ1v) is 10.4. The Morgan fingerprint density at radius 1 is 1.14 bits per heavy atom. The van der Waals surface area contributed by atoms with Crippen LogP contribution in [0.2, 0.25) is 0 Å². The summed E-state index contributed by atoms with van der Waals surface area (Å²) in [6.07, 6.45) is 6.36. The van der Waals surface area contributed by atoms with E-state index in [9.17, 15) is 0 Å². The fraction of sp³-hybridized carbons (Fsp3) is 0.591. The molecule has 1 fully saturated rings. The number of nitrogens with zero attached hydrogens (tertiary/aromatic N) is 4. The molecule has 1 saturated carbocycles. The molecule has 1 aliphatic rings. The summed E-state index contributed by atoms with van der Waals surface area (Å²) in [5.74, 6) is 2.66. The molecule has 152 valence electrons. The standard InChI is InChI=1S/C22H34N6/c1-17-26-27-20(28(17)4)15-23-21(25-19-13-9-6-10-14-19)24-16-22(2,3)18-11-7-5-8-12-18/h5,7-8,11-12,19H,6,9-10,13-16H2,1-4H3,(H2,23,24,25). The maximum atomic E-state index is 4.83. The Kier molecular flexibility index (Phi) is 6.70. The second-order valence-electron chi connectivity index (χ2n) is 8.47. The molecule has 6 nitrogen and oxygen atoms in total. The van der Waals surface area contributed by atoms with Crippen molar-refractivity contribution in [3.05, 3.63) is 47.5 Å². The van der Waals surface area contributed by atoms with Gasteiger partial charge < -0.3 is 15.2 Å². The zero-order chi connectivity index (χ0) is 20.0. The molecule has 6 heteroatoms. The second kappa shape index (κ2) is 9.22. The van der Waals surface area contributed by atoms with Gasteiger partial charge in [-0.3, -0.25) is 0 Å². The van der Waals surface area contributed by atoms with Gasteiger partial charge in [0.15, 0.2) is 11.8 Å². The highest BCUT2D eigenvalue weighted by atomic mass is 15.3. The van der Waals surface area contributed by atoms with Crippen molar-refractivity contribution < 1.29 is 0 Å². The van der Waals surface area contributed by atoms with Gasteiger partial charge in [-0.05, 0) is 25.3 Å². The van der Waals surface area contributed by atoms with Crippen LogP contribution in [-0.4, -0.2) is 33.3 Å². The monoisotopic (exact) mass is 382 g/mol. The first-order valence-electron chi connectivity index (χ1n) is 10.4. The topological polar surface area (TPSA) is 67.1 Å². The van der Waals surface area contributed by atoms with Gasteiger partial charge in [0, 0.05) is 25.0 Å². The molecule has 0 unspecified atom stereocenters.